The van der Waals surface area contributed by atoms with Crippen LogP contribution in [0.1, 0.15) is 24.0 Å². The molecular weight excluding hydrogens is 352 g/mol. The van der Waals surface area contributed by atoms with Crippen LogP contribution in [-0.4, -0.2) is 29.3 Å². The summed E-state index contributed by atoms with van der Waals surface area (Å²) in [5.41, 5.74) is 3.44. The molecule has 3 nitrogen and oxygen atoms in total. The Kier molecular flexibility index (Phi) is 6.29. The molecule has 0 radical (unpaired) electrons. The van der Waals surface area contributed by atoms with E-state index in [-0.39, 0.29) is 6.10 Å². The summed E-state index contributed by atoms with van der Waals surface area (Å²) in [5, 5.41) is 4.74. The van der Waals surface area contributed by atoms with E-state index >= 15 is 0 Å². The van der Waals surface area contributed by atoms with Gasteiger partial charge < -0.3 is 15.0 Å². The predicted octanol–water partition coefficient (Wildman–Crippen LogP) is 5.03. The molecule has 1 N–H and O–H groups in total. The predicted molar refractivity (Wildman–Crippen MR) is 108 cm³/mol. The average Bonchev–Trinajstić information content (AvgIpc) is 3.09. The van der Waals surface area contributed by atoms with Crippen LogP contribution in [0.3, 0.4) is 0 Å². The molecule has 132 valence electrons. The number of hydrogen-bond acceptors (Lipinski definition) is 2. The summed E-state index contributed by atoms with van der Waals surface area (Å²) < 4.78 is 5.81. The van der Waals surface area contributed by atoms with Crippen LogP contribution in [-0.2, 0) is 11.3 Å². The molecule has 3 rings (SSSR count). The Labute approximate surface area is 159 Å². The monoisotopic (exact) mass is 374 g/mol. The molecule has 1 saturated heterocycles. The maximum Gasteiger partial charge on any atom is 0.173 e. The van der Waals surface area contributed by atoms with Gasteiger partial charge in [0.05, 0.1) is 6.10 Å². The van der Waals surface area contributed by atoms with Gasteiger partial charge in [-0.15, -0.1) is 0 Å². The van der Waals surface area contributed by atoms with Crippen LogP contribution in [0, 0.1) is 6.92 Å². The summed E-state index contributed by atoms with van der Waals surface area (Å²) in [6.45, 7) is 4.52. The smallest absolute Gasteiger partial charge is 0.173 e. The number of anilines is 1. The van der Waals surface area contributed by atoms with E-state index in [1.807, 2.05) is 24.3 Å². The van der Waals surface area contributed by atoms with E-state index in [2.05, 4.69) is 41.4 Å². The number of benzene rings is 2. The highest BCUT2D eigenvalue weighted by atomic mass is 35.5. The van der Waals surface area contributed by atoms with Gasteiger partial charge in [0.15, 0.2) is 5.11 Å². The van der Waals surface area contributed by atoms with E-state index in [1.165, 1.54) is 11.1 Å². The molecule has 1 fully saturated rings. The molecule has 1 atom stereocenters. The number of nitrogens with zero attached hydrogens (tertiary/aromatic N) is 1. The lowest BCUT2D eigenvalue weighted by Crippen LogP contribution is -2.39. The summed E-state index contributed by atoms with van der Waals surface area (Å²) in [5.74, 6) is 0. The van der Waals surface area contributed by atoms with Gasteiger partial charge in [-0.2, -0.15) is 0 Å². The Balaban J connectivity index is 1.71. The maximum atomic E-state index is 5.96. The number of hydrogen-bond donors (Lipinski definition) is 1. The van der Waals surface area contributed by atoms with Crippen LogP contribution >= 0.6 is 23.8 Å². The maximum absolute atomic E-state index is 5.96. The standard InChI is InChI=1S/C20H23ClN2OS/c1-15-4-2-5-16(12-15)13-23(14-19-6-3-11-24-19)20(25)22-18-9-7-17(21)8-10-18/h2,4-5,7-10,12,19H,3,6,11,13-14H2,1H3,(H,22,25). The molecule has 2 aromatic carbocycles. The molecular formula is C20H23ClN2OS. The summed E-state index contributed by atoms with van der Waals surface area (Å²) in [6.07, 6.45) is 2.46. The zero-order chi connectivity index (χ0) is 17.6. The fourth-order valence-electron chi connectivity index (χ4n) is 3.02. The molecule has 0 saturated carbocycles. The quantitative estimate of drug-likeness (QED) is 0.742. The van der Waals surface area contributed by atoms with Crippen LogP contribution < -0.4 is 5.32 Å². The minimum absolute atomic E-state index is 0.245. The first-order valence-corrected chi connectivity index (χ1v) is 9.37. The van der Waals surface area contributed by atoms with Gasteiger partial charge in [-0.05, 0) is 61.8 Å². The number of aryl methyl sites for hydroxylation is 1. The van der Waals surface area contributed by atoms with Crippen LogP contribution in [0.25, 0.3) is 0 Å². The number of nitrogens with one attached hydrogen (secondary N) is 1. The molecule has 1 unspecified atom stereocenters. The number of ether oxygens (including phenoxy) is 1. The van der Waals surface area contributed by atoms with Crippen molar-refractivity contribution < 1.29 is 4.74 Å². The SMILES string of the molecule is Cc1cccc(CN(CC2CCCO2)C(=S)Nc2ccc(Cl)cc2)c1. The van der Waals surface area contributed by atoms with Crippen molar-refractivity contribution in [2.75, 3.05) is 18.5 Å². The Morgan fingerprint density at radius 3 is 2.76 bits per heavy atom. The fourth-order valence-corrected chi connectivity index (χ4v) is 3.40. The third-order valence-electron chi connectivity index (χ3n) is 4.29. The van der Waals surface area contributed by atoms with Gasteiger partial charge in [0.25, 0.3) is 0 Å². The molecule has 1 heterocycles. The van der Waals surface area contributed by atoms with Gasteiger partial charge in [-0.25, -0.2) is 0 Å². The van der Waals surface area contributed by atoms with Gasteiger partial charge in [0.2, 0.25) is 0 Å². The van der Waals surface area contributed by atoms with Crippen molar-refractivity contribution in [2.24, 2.45) is 0 Å². The first-order valence-electron chi connectivity index (χ1n) is 8.59. The largest absolute Gasteiger partial charge is 0.376 e. The number of thiocarbonyl (C=S) groups is 1. The lowest BCUT2D eigenvalue weighted by Gasteiger charge is -2.28. The van der Waals surface area contributed by atoms with Crippen molar-refractivity contribution in [3.05, 3.63) is 64.7 Å². The van der Waals surface area contributed by atoms with E-state index < -0.39 is 0 Å². The van der Waals surface area contributed by atoms with Gasteiger partial charge in [-0.1, -0.05) is 41.4 Å². The van der Waals surface area contributed by atoms with Crippen LogP contribution in [0.5, 0.6) is 0 Å². The molecule has 5 heteroatoms. The molecule has 25 heavy (non-hydrogen) atoms. The number of halogens is 1. The summed E-state index contributed by atoms with van der Waals surface area (Å²) >= 11 is 11.6. The topological polar surface area (TPSA) is 24.5 Å². The summed E-state index contributed by atoms with van der Waals surface area (Å²) in [7, 11) is 0. The van der Waals surface area contributed by atoms with Crippen LogP contribution in [0.15, 0.2) is 48.5 Å². The Hall–Kier alpha value is -1.62. The second-order valence-electron chi connectivity index (χ2n) is 6.44. The average molecular weight is 375 g/mol. The minimum Gasteiger partial charge on any atom is -0.376 e. The van der Waals surface area contributed by atoms with Crippen molar-refractivity contribution >= 4 is 34.6 Å². The Bertz CT molecular complexity index is 714. The highest BCUT2D eigenvalue weighted by Gasteiger charge is 2.21. The molecule has 0 aromatic heterocycles. The molecule has 1 aliphatic heterocycles. The molecule has 0 aliphatic carbocycles. The third-order valence-corrected chi connectivity index (χ3v) is 4.90. The first kappa shape index (κ1) is 18.2. The number of rotatable bonds is 5. The molecule has 0 bridgehead atoms. The van der Waals surface area contributed by atoms with E-state index in [0.717, 1.165) is 38.2 Å². The third kappa shape index (κ3) is 5.43. The molecule has 0 spiro atoms. The van der Waals surface area contributed by atoms with Gasteiger partial charge in [-0.3, -0.25) is 0 Å². The summed E-state index contributed by atoms with van der Waals surface area (Å²) in [4.78, 5) is 2.19. The summed E-state index contributed by atoms with van der Waals surface area (Å²) in [6, 6.07) is 16.1. The van der Waals surface area contributed by atoms with Gasteiger partial charge in [0, 0.05) is 30.4 Å². The van der Waals surface area contributed by atoms with Crippen LogP contribution in [0.2, 0.25) is 5.02 Å². The van der Waals surface area contributed by atoms with Crippen LogP contribution in [0.4, 0.5) is 5.69 Å². The highest BCUT2D eigenvalue weighted by molar-refractivity contribution is 7.80. The van der Waals surface area contributed by atoms with Crippen molar-refractivity contribution in [3.63, 3.8) is 0 Å². The second-order valence-corrected chi connectivity index (χ2v) is 7.26. The van der Waals surface area contributed by atoms with Crippen molar-refractivity contribution in [1.82, 2.24) is 4.90 Å². The van der Waals surface area contributed by atoms with E-state index in [0.29, 0.717) is 10.1 Å². The van der Waals surface area contributed by atoms with Crippen molar-refractivity contribution in [3.8, 4) is 0 Å². The second kappa shape index (κ2) is 8.65. The van der Waals surface area contributed by atoms with E-state index in [1.54, 1.807) is 0 Å². The Morgan fingerprint density at radius 2 is 2.08 bits per heavy atom. The molecule has 0 amide bonds. The fraction of sp³-hybridized carbons (Fsp3) is 0.350. The lowest BCUT2D eigenvalue weighted by molar-refractivity contribution is 0.0905. The zero-order valence-electron chi connectivity index (χ0n) is 14.4. The zero-order valence-corrected chi connectivity index (χ0v) is 15.9. The van der Waals surface area contributed by atoms with E-state index in [9.17, 15) is 0 Å². The van der Waals surface area contributed by atoms with Crippen molar-refractivity contribution in [1.29, 1.82) is 0 Å². The minimum atomic E-state index is 0.245. The molecule has 1 aliphatic rings. The van der Waals surface area contributed by atoms with Crippen molar-refractivity contribution in [2.45, 2.75) is 32.4 Å². The Morgan fingerprint density at radius 1 is 1.28 bits per heavy atom. The van der Waals surface area contributed by atoms with E-state index in [4.69, 9.17) is 28.6 Å². The molecule has 2 aromatic rings. The first-order chi connectivity index (χ1) is 12.1. The lowest BCUT2D eigenvalue weighted by atomic mass is 10.1. The normalized spacial score (nSPS) is 16.6. The van der Waals surface area contributed by atoms with Gasteiger partial charge >= 0.3 is 0 Å². The highest BCUT2D eigenvalue weighted by Crippen LogP contribution is 2.18. The van der Waals surface area contributed by atoms with Gasteiger partial charge in [0.1, 0.15) is 0 Å².